The number of carboxylic acid groups (broad SMARTS) is 1. The Morgan fingerprint density at radius 2 is 1.70 bits per heavy atom. The van der Waals surface area contributed by atoms with Gasteiger partial charge in [0.1, 0.15) is 0 Å². The molecule has 23 heavy (non-hydrogen) atoms. The Hall–Kier alpha value is -2.27. The number of benzene rings is 2. The zero-order chi connectivity index (χ0) is 16.7. The summed E-state index contributed by atoms with van der Waals surface area (Å²) < 4.78 is 0. The van der Waals surface area contributed by atoms with E-state index in [-0.39, 0.29) is 0 Å². The van der Waals surface area contributed by atoms with Crippen LogP contribution in [0.4, 0.5) is 5.69 Å². The normalized spacial score (nSPS) is 12.7. The van der Waals surface area contributed by atoms with Gasteiger partial charge in [-0.05, 0) is 24.6 Å². The maximum absolute atomic E-state index is 11.1. The lowest BCUT2D eigenvalue weighted by atomic mass is 10.2. The van der Waals surface area contributed by atoms with Gasteiger partial charge >= 0.3 is 0 Å². The minimum atomic E-state index is -1.09. The molecular weight excluding hydrogens is 308 g/mol. The number of rotatable bonds is 5. The molecule has 0 saturated heterocycles. The Bertz CT molecular complexity index is 659. The molecule has 1 atom stereocenters. The number of hydrogen-bond donors (Lipinski definition) is 0. The Morgan fingerprint density at radius 3 is 2.26 bits per heavy atom. The summed E-state index contributed by atoms with van der Waals surface area (Å²) in [6.07, 6.45) is 0. The van der Waals surface area contributed by atoms with Crippen molar-refractivity contribution < 1.29 is 9.90 Å². The lowest BCUT2D eigenvalue weighted by Gasteiger charge is -2.23. The largest absolute Gasteiger partial charge is 0.549 e. The summed E-state index contributed by atoms with van der Waals surface area (Å²) in [5.41, 5.74) is 1.93. The monoisotopic (exact) mass is 327 g/mol. The van der Waals surface area contributed by atoms with E-state index in [1.54, 1.807) is 6.92 Å². The number of aliphatic imine (C=N–C) groups is 1. The van der Waals surface area contributed by atoms with E-state index in [9.17, 15) is 9.90 Å². The number of nitrogens with zero attached hydrogens (tertiary/aromatic N) is 2. The Morgan fingerprint density at radius 1 is 1.13 bits per heavy atom. The lowest BCUT2D eigenvalue weighted by molar-refractivity contribution is -0.304. The minimum Gasteiger partial charge on any atom is -0.549 e. The molecule has 0 N–H and O–H groups in total. The second-order valence-electron chi connectivity index (χ2n) is 5.15. The van der Waals surface area contributed by atoms with Crippen molar-refractivity contribution in [1.82, 2.24) is 4.90 Å². The summed E-state index contributed by atoms with van der Waals surface area (Å²) in [4.78, 5) is 17.6. The molecule has 0 aliphatic carbocycles. The van der Waals surface area contributed by atoms with Crippen molar-refractivity contribution in [3.05, 3.63) is 66.2 Å². The highest BCUT2D eigenvalue weighted by atomic mass is 32.2. The number of para-hydroxylation sites is 1. The molecule has 2 aromatic rings. The molecule has 0 saturated carbocycles. The highest BCUT2D eigenvalue weighted by Crippen LogP contribution is 2.21. The van der Waals surface area contributed by atoms with Crippen LogP contribution in [0.1, 0.15) is 12.5 Å². The van der Waals surface area contributed by atoms with Gasteiger partial charge < -0.3 is 14.8 Å². The number of amidine groups is 1. The van der Waals surface area contributed by atoms with Crippen LogP contribution in [-0.2, 0) is 11.3 Å². The topological polar surface area (TPSA) is 55.7 Å². The zero-order valence-corrected chi connectivity index (χ0v) is 14.0. The van der Waals surface area contributed by atoms with Crippen molar-refractivity contribution in [2.45, 2.75) is 18.7 Å². The average Bonchev–Trinajstić information content (AvgIpc) is 2.56. The molecule has 120 valence electrons. The van der Waals surface area contributed by atoms with Crippen molar-refractivity contribution in [3.63, 3.8) is 0 Å². The van der Waals surface area contributed by atoms with Crippen LogP contribution in [0.25, 0.3) is 0 Å². The van der Waals surface area contributed by atoms with Gasteiger partial charge in [0.15, 0.2) is 5.17 Å². The smallest absolute Gasteiger partial charge is 0.165 e. The van der Waals surface area contributed by atoms with E-state index >= 15 is 0 Å². The van der Waals surface area contributed by atoms with Gasteiger partial charge in [0.05, 0.1) is 11.7 Å². The lowest BCUT2D eigenvalue weighted by Crippen LogP contribution is -2.34. The first kappa shape index (κ1) is 17.1. The summed E-state index contributed by atoms with van der Waals surface area (Å²) in [6, 6.07) is 19.5. The highest BCUT2D eigenvalue weighted by molar-refractivity contribution is 8.14. The van der Waals surface area contributed by atoms with E-state index in [0.29, 0.717) is 11.7 Å². The SMILES string of the molecule is C[C@@H](SC(=Nc1ccccc1)N(C)Cc1ccccc1)C(=O)[O-]. The van der Waals surface area contributed by atoms with E-state index in [1.807, 2.05) is 72.6 Å². The van der Waals surface area contributed by atoms with Gasteiger partial charge in [-0.2, -0.15) is 0 Å². The van der Waals surface area contributed by atoms with Gasteiger partial charge in [-0.1, -0.05) is 60.3 Å². The van der Waals surface area contributed by atoms with Gasteiger partial charge in [-0.25, -0.2) is 4.99 Å². The molecule has 0 bridgehead atoms. The number of carbonyl (C=O) groups excluding carboxylic acids is 1. The third kappa shape index (κ3) is 5.45. The quantitative estimate of drug-likeness (QED) is 0.626. The number of carbonyl (C=O) groups is 1. The van der Waals surface area contributed by atoms with Crippen LogP contribution in [0.2, 0.25) is 0 Å². The first-order valence-electron chi connectivity index (χ1n) is 7.32. The van der Waals surface area contributed by atoms with Crippen molar-refractivity contribution in [2.24, 2.45) is 4.99 Å². The molecule has 0 radical (unpaired) electrons. The standard InChI is InChI=1S/C18H20N2O2S/c1-14(17(21)22)23-18(19-16-11-7-4-8-12-16)20(2)13-15-9-5-3-6-10-15/h3-12,14H,13H2,1-2H3,(H,21,22)/p-1/t14-/m1/s1. The van der Waals surface area contributed by atoms with Gasteiger partial charge in [0.2, 0.25) is 0 Å². The molecule has 0 aliphatic rings. The van der Waals surface area contributed by atoms with Crippen LogP contribution < -0.4 is 5.11 Å². The molecular formula is C18H19N2O2S-. The van der Waals surface area contributed by atoms with E-state index < -0.39 is 11.2 Å². The zero-order valence-electron chi connectivity index (χ0n) is 13.2. The maximum atomic E-state index is 11.1. The third-order valence-electron chi connectivity index (χ3n) is 3.18. The summed E-state index contributed by atoms with van der Waals surface area (Å²) in [7, 11) is 1.91. The summed E-state index contributed by atoms with van der Waals surface area (Å²) >= 11 is 1.19. The number of thioether (sulfide) groups is 1. The molecule has 2 aromatic carbocycles. The maximum Gasteiger partial charge on any atom is 0.165 e. The Balaban J connectivity index is 2.21. The molecule has 0 aromatic heterocycles. The Labute approximate surface area is 140 Å². The van der Waals surface area contributed by atoms with Gasteiger partial charge in [-0.15, -0.1) is 0 Å². The van der Waals surface area contributed by atoms with Crippen LogP contribution in [0.5, 0.6) is 0 Å². The van der Waals surface area contributed by atoms with Crippen molar-refractivity contribution in [3.8, 4) is 0 Å². The second kappa shape index (κ2) is 8.39. The fourth-order valence-electron chi connectivity index (χ4n) is 1.95. The molecule has 0 unspecified atom stereocenters. The number of carboxylic acids is 1. The van der Waals surface area contributed by atoms with Crippen LogP contribution in [-0.4, -0.2) is 28.3 Å². The summed E-state index contributed by atoms with van der Waals surface area (Å²) in [5.74, 6) is -1.09. The van der Waals surface area contributed by atoms with Gasteiger partial charge in [-0.3, -0.25) is 0 Å². The molecule has 0 amide bonds. The number of aliphatic carboxylic acids is 1. The Kier molecular flexibility index (Phi) is 6.23. The summed E-state index contributed by atoms with van der Waals surface area (Å²) in [6.45, 7) is 2.26. The molecule has 0 spiro atoms. The fourth-order valence-corrected chi connectivity index (χ4v) is 2.76. The molecule has 5 heteroatoms. The van der Waals surface area contributed by atoms with Crippen molar-refractivity contribution in [1.29, 1.82) is 0 Å². The molecule has 0 fully saturated rings. The van der Waals surface area contributed by atoms with Crippen LogP contribution in [0, 0.1) is 0 Å². The van der Waals surface area contributed by atoms with E-state index in [2.05, 4.69) is 4.99 Å². The van der Waals surface area contributed by atoms with Gasteiger partial charge in [0.25, 0.3) is 0 Å². The van der Waals surface area contributed by atoms with Crippen LogP contribution in [0.3, 0.4) is 0 Å². The molecule has 2 rings (SSSR count). The van der Waals surface area contributed by atoms with Crippen LogP contribution >= 0.6 is 11.8 Å². The first-order valence-corrected chi connectivity index (χ1v) is 8.20. The third-order valence-corrected chi connectivity index (χ3v) is 4.34. The number of hydrogen-bond acceptors (Lipinski definition) is 4. The fraction of sp³-hybridized carbons (Fsp3) is 0.222. The van der Waals surface area contributed by atoms with E-state index in [0.717, 1.165) is 11.3 Å². The van der Waals surface area contributed by atoms with Crippen LogP contribution in [0.15, 0.2) is 65.7 Å². The predicted octanol–water partition coefficient (Wildman–Crippen LogP) is 2.68. The van der Waals surface area contributed by atoms with Crippen molar-refractivity contribution in [2.75, 3.05) is 7.05 Å². The molecule has 4 nitrogen and oxygen atoms in total. The average molecular weight is 327 g/mol. The van der Waals surface area contributed by atoms with E-state index in [1.165, 1.54) is 11.8 Å². The van der Waals surface area contributed by atoms with Gasteiger partial charge in [0, 0.05) is 18.8 Å². The predicted molar refractivity (Wildman–Crippen MR) is 93.5 cm³/mol. The minimum absolute atomic E-state index is 0.650. The highest BCUT2D eigenvalue weighted by Gasteiger charge is 2.14. The second-order valence-corrected chi connectivity index (χ2v) is 6.46. The first-order chi connectivity index (χ1) is 11.1. The summed E-state index contributed by atoms with van der Waals surface area (Å²) in [5, 5.41) is 11.0. The van der Waals surface area contributed by atoms with E-state index in [4.69, 9.17) is 0 Å². The van der Waals surface area contributed by atoms with Crippen molar-refractivity contribution >= 4 is 28.6 Å². The molecule has 0 heterocycles. The molecule has 0 aliphatic heterocycles.